The number of oxazole rings is 1. The molecule has 0 radical (unpaired) electrons. The van der Waals surface area contributed by atoms with Gasteiger partial charge < -0.3 is 9.32 Å². The molecule has 30 heavy (non-hydrogen) atoms. The molecule has 0 saturated carbocycles. The van der Waals surface area contributed by atoms with Gasteiger partial charge in [-0.15, -0.1) is 0 Å². The lowest BCUT2D eigenvalue weighted by Gasteiger charge is -2.33. The van der Waals surface area contributed by atoms with E-state index in [0.29, 0.717) is 50.1 Å². The fourth-order valence-corrected chi connectivity index (χ4v) is 3.91. The predicted octanol–water partition coefficient (Wildman–Crippen LogP) is 2.04. The fraction of sp³-hybridized carbons (Fsp3) is 0.400. The van der Waals surface area contributed by atoms with E-state index in [2.05, 4.69) is 29.8 Å². The van der Waals surface area contributed by atoms with Gasteiger partial charge in [0.15, 0.2) is 0 Å². The van der Waals surface area contributed by atoms with Crippen LogP contribution in [0.25, 0.3) is 11.6 Å². The summed E-state index contributed by atoms with van der Waals surface area (Å²) in [5.41, 5.74) is 1.40. The largest absolute Gasteiger partial charge is 0.443 e. The van der Waals surface area contributed by atoms with Crippen molar-refractivity contribution < 1.29 is 14.0 Å². The van der Waals surface area contributed by atoms with Crippen molar-refractivity contribution in [2.75, 3.05) is 24.6 Å². The first-order valence-corrected chi connectivity index (χ1v) is 9.99. The molecule has 1 atom stereocenters. The van der Waals surface area contributed by atoms with Crippen LogP contribution < -0.4 is 4.90 Å². The van der Waals surface area contributed by atoms with Crippen LogP contribution in [0.2, 0.25) is 0 Å². The Morgan fingerprint density at radius 2 is 1.93 bits per heavy atom. The molecule has 0 spiro atoms. The summed E-state index contributed by atoms with van der Waals surface area (Å²) in [6.45, 7) is 1.89. The standard InChI is InChI=1S/C20H21N7O3/c28-19(27-17(4-11-30-27)16-13-21-6-7-22-16)14-2-9-26(10-3-14)20-24-5-1-15(25-20)18-23-8-12-29-18/h1,5-8,12-14,17H,2-4,9-11H2/t17-/m0/s1. The van der Waals surface area contributed by atoms with E-state index in [1.807, 2.05) is 0 Å². The molecule has 2 fully saturated rings. The first-order chi connectivity index (χ1) is 14.8. The van der Waals surface area contributed by atoms with Crippen LogP contribution in [0.15, 0.2) is 47.7 Å². The maximum atomic E-state index is 13.1. The number of hydrogen-bond acceptors (Lipinski definition) is 9. The van der Waals surface area contributed by atoms with E-state index in [4.69, 9.17) is 9.25 Å². The third-order valence-corrected chi connectivity index (χ3v) is 5.47. The number of hydroxylamine groups is 2. The van der Waals surface area contributed by atoms with Crippen LogP contribution in [0.5, 0.6) is 0 Å². The van der Waals surface area contributed by atoms with Crippen molar-refractivity contribution in [1.29, 1.82) is 0 Å². The average Bonchev–Trinajstić information content (AvgIpc) is 3.52. The molecule has 3 aromatic rings. The number of anilines is 1. The molecule has 0 aromatic carbocycles. The second kappa shape index (κ2) is 8.15. The number of piperidine rings is 1. The van der Waals surface area contributed by atoms with Gasteiger partial charge in [0, 0.05) is 44.0 Å². The highest BCUT2D eigenvalue weighted by molar-refractivity contribution is 5.78. The first-order valence-electron chi connectivity index (χ1n) is 9.99. The zero-order chi connectivity index (χ0) is 20.3. The molecular formula is C20H21N7O3. The van der Waals surface area contributed by atoms with Crippen molar-refractivity contribution in [2.24, 2.45) is 5.92 Å². The molecular weight excluding hydrogens is 386 g/mol. The van der Waals surface area contributed by atoms with E-state index < -0.39 is 0 Å². The Bertz CT molecular complexity index is 991. The molecule has 0 bridgehead atoms. The van der Waals surface area contributed by atoms with Gasteiger partial charge in [-0.05, 0) is 18.9 Å². The summed E-state index contributed by atoms with van der Waals surface area (Å²) in [7, 11) is 0. The number of hydrogen-bond donors (Lipinski definition) is 0. The number of rotatable bonds is 4. The topological polar surface area (TPSA) is 110 Å². The molecule has 154 valence electrons. The lowest BCUT2D eigenvalue weighted by Crippen LogP contribution is -2.42. The van der Waals surface area contributed by atoms with Crippen molar-refractivity contribution >= 4 is 11.9 Å². The van der Waals surface area contributed by atoms with E-state index in [1.54, 1.807) is 37.1 Å². The van der Waals surface area contributed by atoms with Crippen LogP contribution in [0.3, 0.4) is 0 Å². The molecule has 10 heteroatoms. The Kier molecular flexibility index (Phi) is 5.06. The van der Waals surface area contributed by atoms with Gasteiger partial charge in [0.25, 0.3) is 0 Å². The van der Waals surface area contributed by atoms with Crippen LogP contribution in [0.1, 0.15) is 31.0 Å². The van der Waals surface area contributed by atoms with Crippen molar-refractivity contribution in [3.05, 3.63) is 49.0 Å². The summed E-state index contributed by atoms with van der Waals surface area (Å²) in [4.78, 5) is 42.4. The van der Waals surface area contributed by atoms with E-state index in [1.165, 1.54) is 11.3 Å². The van der Waals surface area contributed by atoms with Crippen LogP contribution in [-0.4, -0.2) is 55.6 Å². The molecule has 2 saturated heterocycles. The van der Waals surface area contributed by atoms with Gasteiger partial charge in [-0.2, -0.15) is 0 Å². The minimum Gasteiger partial charge on any atom is -0.443 e. The second-order valence-corrected chi connectivity index (χ2v) is 7.27. The third-order valence-electron chi connectivity index (χ3n) is 5.47. The highest BCUT2D eigenvalue weighted by Gasteiger charge is 2.38. The van der Waals surface area contributed by atoms with Gasteiger partial charge in [0.2, 0.25) is 17.7 Å². The van der Waals surface area contributed by atoms with Crippen LogP contribution in [-0.2, 0) is 9.63 Å². The summed E-state index contributed by atoms with van der Waals surface area (Å²) in [5.74, 6) is 0.988. The number of carbonyl (C=O) groups is 1. The number of amides is 1. The molecule has 0 N–H and O–H groups in total. The van der Waals surface area contributed by atoms with Gasteiger partial charge >= 0.3 is 0 Å². The molecule has 0 aliphatic carbocycles. The lowest BCUT2D eigenvalue weighted by atomic mass is 9.95. The summed E-state index contributed by atoms with van der Waals surface area (Å²) >= 11 is 0. The molecule has 0 unspecified atom stereocenters. The zero-order valence-electron chi connectivity index (χ0n) is 16.3. The third kappa shape index (κ3) is 3.61. The van der Waals surface area contributed by atoms with Gasteiger partial charge in [-0.3, -0.25) is 19.6 Å². The summed E-state index contributed by atoms with van der Waals surface area (Å²) < 4.78 is 5.32. The van der Waals surface area contributed by atoms with Gasteiger partial charge in [0.1, 0.15) is 18.0 Å². The Hall–Kier alpha value is -3.40. The van der Waals surface area contributed by atoms with Gasteiger partial charge in [-0.1, -0.05) is 0 Å². The molecule has 2 aliphatic heterocycles. The minimum absolute atomic E-state index is 0.0113. The molecule has 1 amide bonds. The van der Waals surface area contributed by atoms with Crippen LogP contribution in [0, 0.1) is 5.92 Å². The molecule has 5 heterocycles. The predicted molar refractivity (Wildman–Crippen MR) is 105 cm³/mol. The SMILES string of the molecule is O=C(C1CCN(c2nccc(-c3ncco3)n2)CC1)N1OCC[C@H]1c1cnccn1. The Balaban J connectivity index is 1.24. The maximum Gasteiger partial charge on any atom is 0.250 e. The van der Waals surface area contributed by atoms with E-state index in [-0.39, 0.29) is 17.9 Å². The van der Waals surface area contributed by atoms with Crippen LogP contribution >= 0.6 is 0 Å². The Morgan fingerprint density at radius 3 is 2.70 bits per heavy atom. The Labute approximate surface area is 172 Å². The summed E-state index contributed by atoms with van der Waals surface area (Å²) in [6, 6.07) is 1.59. The highest BCUT2D eigenvalue weighted by atomic mass is 16.7. The van der Waals surface area contributed by atoms with E-state index in [9.17, 15) is 4.79 Å². The van der Waals surface area contributed by atoms with E-state index >= 15 is 0 Å². The van der Waals surface area contributed by atoms with Crippen LogP contribution in [0.4, 0.5) is 5.95 Å². The monoisotopic (exact) mass is 407 g/mol. The smallest absolute Gasteiger partial charge is 0.250 e. The number of nitrogens with zero attached hydrogens (tertiary/aromatic N) is 7. The second-order valence-electron chi connectivity index (χ2n) is 7.27. The van der Waals surface area contributed by atoms with Crippen molar-refractivity contribution in [3.63, 3.8) is 0 Å². The first kappa shape index (κ1) is 18.6. The zero-order valence-corrected chi connectivity index (χ0v) is 16.3. The number of carbonyl (C=O) groups excluding carboxylic acids is 1. The quantitative estimate of drug-likeness (QED) is 0.641. The molecule has 5 rings (SSSR count). The fourth-order valence-electron chi connectivity index (χ4n) is 3.91. The summed E-state index contributed by atoms with van der Waals surface area (Å²) in [5, 5.41) is 1.50. The average molecular weight is 407 g/mol. The highest BCUT2D eigenvalue weighted by Crippen LogP contribution is 2.32. The lowest BCUT2D eigenvalue weighted by molar-refractivity contribution is -0.182. The minimum atomic E-state index is -0.176. The summed E-state index contributed by atoms with van der Waals surface area (Å²) in [6.07, 6.45) is 11.9. The normalized spacial score (nSPS) is 19.9. The van der Waals surface area contributed by atoms with Crippen molar-refractivity contribution in [3.8, 4) is 11.6 Å². The molecule has 2 aliphatic rings. The van der Waals surface area contributed by atoms with E-state index in [0.717, 1.165) is 12.1 Å². The Morgan fingerprint density at radius 1 is 1.03 bits per heavy atom. The van der Waals surface area contributed by atoms with Crippen molar-refractivity contribution in [2.45, 2.75) is 25.3 Å². The van der Waals surface area contributed by atoms with Gasteiger partial charge in [0.05, 0.1) is 24.7 Å². The molecule has 10 nitrogen and oxygen atoms in total. The number of aromatic nitrogens is 5. The maximum absolute atomic E-state index is 13.1. The van der Waals surface area contributed by atoms with Gasteiger partial charge in [-0.25, -0.2) is 20.0 Å². The molecule has 3 aromatic heterocycles. The van der Waals surface area contributed by atoms with Crippen molar-refractivity contribution in [1.82, 2.24) is 30.0 Å².